The van der Waals surface area contributed by atoms with Crippen LogP contribution in [-0.4, -0.2) is 44.9 Å². The highest BCUT2D eigenvalue weighted by molar-refractivity contribution is 5.70. The molecule has 3 N–H and O–H groups in total. The van der Waals surface area contributed by atoms with Crippen LogP contribution in [0, 0.1) is 25.6 Å². The molecule has 0 saturated heterocycles. The fourth-order valence-electron chi connectivity index (χ4n) is 5.20. The van der Waals surface area contributed by atoms with Gasteiger partial charge in [0, 0.05) is 12.1 Å². The molecule has 1 aromatic heterocycles. The Labute approximate surface area is 225 Å². The van der Waals surface area contributed by atoms with Crippen LogP contribution in [0.2, 0.25) is 0 Å². The summed E-state index contributed by atoms with van der Waals surface area (Å²) in [6, 6.07) is 9.15. The molecule has 1 heterocycles. The molecule has 0 aliphatic heterocycles. The van der Waals surface area contributed by atoms with Crippen molar-refractivity contribution < 1.29 is 24.5 Å². The number of phenolic OH excluding ortho intramolecular Hbond substituents is 1. The fourth-order valence-corrected chi connectivity index (χ4v) is 5.20. The Hall–Kier alpha value is -4.05. The van der Waals surface area contributed by atoms with Crippen molar-refractivity contribution in [3.8, 4) is 17.3 Å². The van der Waals surface area contributed by atoms with E-state index < -0.39 is 23.3 Å². The first-order valence-corrected chi connectivity index (χ1v) is 12.8. The summed E-state index contributed by atoms with van der Waals surface area (Å²) in [5.74, 6) is -2.23. The van der Waals surface area contributed by atoms with Crippen LogP contribution in [0.3, 0.4) is 0 Å². The number of aromatic hydroxyl groups is 2. The van der Waals surface area contributed by atoms with Crippen molar-refractivity contribution in [2.75, 3.05) is 14.1 Å². The molecule has 206 valence electrons. The van der Waals surface area contributed by atoms with Crippen LogP contribution in [0.25, 0.3) is 5.69 Å². The molecule has 9 nitrogen and oxygen atoms in total. The Bertz CT molecular complexity index is 1500. The van der Waals surface area contributed by atoms with E-state index in [0.29, 0.717) is 41.6 Å². The average Bonchev–Trinajstić information content (AvgIpc) is 2.89. The van der Waals surface area contributed by atoms with E-state index in [0.717, 1.165) is 17.4 Å². The SMILES string of the molecule is Cc1cc(-n2c(O)c(CN(C)C)c(C)c(N=Nc3cccc(C4CCCC(C(=O)O)C4)c3O)c2=O)ccc1F. The number of hydrogen-bond acceptors (Lipinski definition) is 7. The third-order valence-corrected chi connectivity index (χ3v) is 7.34. The summed E-state index contributed by atoms with van der Waals surface area (Å²) >= 11 is 0. The maximum atomic E-state index is 13.9. The standard InChI is InChI=1S/C29H33FN4O5/c1-16-13-20(11-12-23(16)30)34-27(36)22(15-33(3)4)17(2)25(28(34)37)32-31-24-10-6-9-21(26(24)35)18-7-5-8-19(14-18)29(38)39/h6,9-13,18-19,35-36H,5,7-8,14-15H2,1-4H3,(H,38,39). The molecule has 2 aromatic carbocycles. The molecule has 2 atom stereocenters. The molecule has 0 bridgehead atoms. The van der Waals surface area contributed by atoms with E-state index in [1.54, 1.807) is 32.0 Å². The normalized spacial score (nSPS) is 17.7. The van der Waals surface area contributed by atoms with Gasteiger partial charge in [-0.15, -0.1) is 10.2 Å². The van der Waals surface area contributed by atoms with Gasteiger partial charge in [0.15, 0.2) is 5.69 Å². The van der Waals surface area contributed by atoms with Gasteiger partial charge in [-0.3, -0.25) is 9.59 Å². The van der Waals surface area contributed by atoms with Crippen molar-refractivity contribution in [3.05, 3.63) is 74.8 Å². The number of para-hydroxylation sites is 1. The minimum absolute atomic E-state index is 0.0277. The Morgan fingerprint density at radius 2 is 1.87 bits per heavy atom. The summed E-state index contributed by atoms with van der Waals surface area (Å²) in [6.07, 6.45) is 2.54. The number of azo groups is 1. The van der Waals surface area contributed by atoms with Crippen molar-refractivity contribution in [3.63, 3.8) is 0 Å². The molecule has 1 aliphatic carbocycles. The fraction of sp³-hybridized carbons (Fsp3) is 0.379. The smallest absolute Gasteiger partial charge is 0.306 e. The quantitative estimate of drug-likeness (QED) is 0.326. The second-order valence-electron chi connectivity index (χ2n) is 10.4. The van der Waals surface area contributed by atoms with Gasteiger partial charge in [-0.25, -0.2) is 8.96 Å². The van der Waals surface area contributed by atoms with Crippen molar-refractivity contribution in [2.45, 2.75) is 52.0 Å². The van der Waals surface area contributed by atoms with Gasteiger partial charge in [-0.1, -0.05) is 18.6 Å². The van der Waals surface area contributed by atoms with Crippen molar-refractivity contribution in [2.24, 2.45) is 16.1 Å². The number of carboxylic acids is 1. The molecule has 10 heteroatoms. The van der Waals surface area contributed by atoms with E-state index >= 15 is 0 Å². The third-order valence-electron chi connectivity index (χ3n) is 7.34. The van der Waals surface area contributed by atoms with Crippen LogP contribution in [0.5, 0.6) is 11.6 Å². The van der Waals surface area contributed by atoms with Crippen LogP contribution in [-0.2, 0) is 11.3 Å². The van der Waals surface area contributed by atoms with Crippen LogP contribution >= 0.6 is 0 Å². The zero-order chi connectivity index (χ0) is 28.4. The van der Waals surface area contributed by atoms with Gasteiger partial charge in [0.25, 0.3) is 5.56 Å². The van der Waals surface area contributed by atoms with Crippen LogP contribution in [0.4, 0.5) is 15.8 Å². The predicted molar refractivity (Wildman–Crippen MR) is 145 cm³/mol. The molecule has 0 spiro atoms. The molecular weight excluding hydrogens is 503 g/mol. The molecule has 39 heavy (non-hydrogen) atoms. The number of aromatic nitrogens is 1. The zero-order valence-electron chi connectivity index (χ0n) is 22.5. The Morgan fingerprint density at radius 1 is 1.13 bits per heavy atom. The maximum Gasteiger partial charge on any atom is 0.306 e. The number of benzene rings is 2. The number of pyridine rings is 1. The van der Waals surface area contributed by atoms with Crippen LogP contribution in [0.15, 0.2) is 51.4 Å². The van der Waals surface area contributed by atoms with Gasteiger partial charge < -0.3 is 20.2 Å². The Balaban J connectivity index is 1.80. The van der Waals surface area contributed by atoms with Gasteiger partial charge in [-0.05, 0) is 94.1 Å². The van der Waals surface area contributed by atoms with E-state index in [4.69, 9.17) is 0 Å². The lowest BCUT2D eigenvalue weighted by Crippen LogP contribution is -2.23. The molecule has 4 rings (SSSR count). The molecule has 0 radical (unpaired) electrons. The topological polar surface area (TPSA) is 128 Å². The van der Waals surface area contributed by atoms with Gasteiger partial charge in [0.2, 0.25) is 5.88 Å². The number of phenols is 1. The molecular formula is C29H33FN4O5. The van der Waals surface area contributed by atoms with E-state index in [1.165, 1.54) is 18.2 Å². The second-order valence-corrected chi connectivity index (χ2v) is 10.4. The summed E-state index contributed by atoms with van der Waals surface area (Å²) < 4.78 is 15.0. The molecule has 1 aliphatic rings. The number of carboxylic acid groups (broad SMARTS) is 1. The summed E-state index contributed by atoms with van der Waals surface area (Å²) in [6.45, 7) is 3.53. The largest absolute Gasteiger partial charge is 0.505 e. The van der Waals surface area contributed by atoms with Gasteiger partial charge in [-0.2, -0.15) is 0 Å². The Morgan fingerprint density at radius 3 is 2.54 bits per heavy atom. The number of carbonyl (C=O) groups is 1. The summed E-state index contributed by atoms with van der Waals surface area (Å²) in [4.78, 5) is 26.9. The zero-order valence-corrected chi connectivity index (χ0v) is 22.5. The number of aryl methyl sites for hydroxylation is 1. The van der Waals surface area contributed by atoms with Crippen LogP contribution in [0.1, 0.15) is 53.9 Å². The predicted octanol–water partition coefficient (Wildman–Crippen LogP) is 5.84. The molecule has 3 aromatic rings. The number of hydrogen-bond donors (Lipinski definition) is 3. The minimum Gasteiger partial charge on any atom is -0.505 e. The lowest BCUT2D eigenvalue weighted by atomic mass is 9.77. The first-order valence-electron chi connectivity index (χ1n) is 12.8. The Kier molecular flexibility index (Phi) is 8.15. The second kappa shape index (κ2) is 11.4. The number of nitrogens with zero attached hydrogens (tertiary/aromatic N) is 4. The highest BCUT2D eigenvalue weighted by Crippen LogP contribution is 2.43. The lowest BCUT2D eigenvalue weighted by molar-refractivity contribution is -0.143. The molecule has 1 fully saturated rings. The highest BCUT2D eigenvalue weighted by atomic mass is 19.1. The lowest BCUT2D eigenvalue weighted by Gasteiger charge is -2.27. The average molecular weight is 537 g/mol. The number of rotatable bonds is 7. The van der Waals surface area contributed by atoms with Crippen molar-refractivity contribution >= 4 is 17.3 Å². The van der Waals surface area contributed by atoms with Crippen molar-refractivity contribution in [1.82, 2.24) is 9.47 Å². The third kappa shape index (κ3) is 5.70. The van der Waals surface area contributed by atoms with E-state index in [-0.39, 0.29) is 34.6 Å². The van der Waals surface area contributed by atoms with Crippen LogP contribution < -0.4 is 5.56 Å². The first kappa shape index (κ1) is 28.0. The summed E-state index contributed by atoms with van der Waals surface area (Å²) in [7, 11) is 3.64. The highest BCUT2D eigenvalue weighted by Gasteiger charge is 2.30. The molecule has 2 unspecified atom stereocenters. The number of aliphatic carboxylic acids is 1. The van der Waals surface area contributed by atoms with Gasteiger partial charge >= 0.3 is 5.97 Å². The molecule has 1 saturated carbocycles. The first-order chi connectivity index (χ1) is 18.5. The molecule has 0 amide bonds. The van der Waals surface area contributed by atoms with E-state index in [1.807, 2.05) is 19.0 Å². The van der Waals surface area contributed by atoms with Gasteiger partial charge in [0.05, 0.1) is 11.6 Å². The monoisotopic (exact) mass is 536 g/mol. The van der Waals surface area contributed by atoms with E-state index in [2.05, 4.69) is 10.2 Å². The van der Waals surface area contributed by atoms with E-state index in [9.17, 15) is 29.3 Å². The number of halogens is 1. The maximum absolute atomic E-state index is 13.9. The summed E-state index contributed by atoms with van der Waals surface area (Å²) in [5.41, 5.74) is 1.55. The van der Waals surface area contributed by atoms with Gasteiger partial charge in [0.1, 0.15) is 17.3 Å². The van der Waals surface area contributed by atoms with Crippen molar-refractivity contribution in [1.29, 1.82) is 0 Å². The summed E-state index contributed by atoms with van der Waals surface area (Å²) in [5, 5.41) is 40.0. The minimum atomic E-state index is -0.834.